The molecule has 0 amide bonds. The highest BCUT2D eigenvalue weighted by atomic mass is 16.5. The second kappa shape index (κ2) is 9.37. The topological polar surface area (TPSA) is 62.3 Å². The summed E-state index contributed by atoms with van der Waals surface area (Å²) in [4.78, 5) is 0. The summed E-state index contributed by atoms with van der Waals surface area (Å²) in [5.41, 5.74) is 10.1. The highest BCUT2D eigenvalue weighted by Gasteiger charge is 2.31. The molecule has 1 fully saturated rings. The zero-order chi connectivity index (χ0) is 21.9. The van der Waals surface area contributed by atoms with Gasteiger partial charge in [-0.3, -0.25) is 4.68 Å². The summed E-state index contributed by atoms with van der Waals surface area (Å²) in [7, 11) is 0. The number of nitrogens with two attached hydrogens (primary N) is 1. The zero-order valence-corrected chi connectivity index (χ0v) is 18.8. The van der Waals surface area contributed by atoms with Gasteiger partial charge in [-0.1, -0.05) is 30.3 Å². The van der Waals surface area contributed by atoms with Crippen molar-refractivity contribution in [3.63, 3.8) is 0 Å². The Bertz CT molecular complexity index is 1030. The number of nitrogens with zero attached hydrogens (tertiary/aromatic N) is 2. The van der Waals surface area contributed by atoms with Crippen LogP contribution in [0.2, 0.25) is 0 Å². The van der Waals surface area contributed by atoms with Crippen LogP contribution in [0.25, 0.3) is 0 Å². The monoisotopic (exact) mass is 431 g/mol. The van der Waals surface area contributed by atoms with Crippen LogP contribution >= 0.6 is 0 Å². The van der Waals surface area contributed by atoms with Gasteiger partial charge >= 0.3 is 0 Å². The molecule has 0 bridgehead atoms. The van der Waals surface area contributed by atoms with Crippen molar-refractivity contribution in [3.05, 3.63) is 77.6 Å². The third-order valence-corrected chi connectivity index (χ3v) is 6.90. The first kappa shape index (κ1) is 21.1. The summed E-state index contributed by atoms with van der Waals surface area (Å²) in [5, 5.41) is 4.44. The number of benzene rings is 2. The molecule has 1 aliphatic heterocycles. The molecule has 168 valence electrons. The van der Waals surface area contributed by atoms with Crippen LogP contribution in [-0.2, 0) is 19.4 Å². The molecule has 0 saturated heterocycles. The summed E-state index contributed by atoms with van der Waals surface area (Å²) in [6.45, 7) is 3.01. The summed E-state index contributed by atoms with van der Waals surface area (Å²) in [6, 6.07) is 17.1. The van der Waals surface area contributed by atoms with Gasteiger partial charge in [-0.2, -0.15) is 5.10 Å². The van der Waals surface area contributed by atoms with Crippen LogP contribution in [0.5, 0.6) is 11.5 Å². The van der Waals surface area contributed by atoms with E-state index in [-0.39, 0.29) is 18.2 Å². The molecule has 2 N–H and O–H groups in total. The van der Waals surface area contributed by atoms with E-state index in [0.717, 1.165) is 56.6 Å². The van der Waals surface area contributed by atoms with Gasteiger partial charge in [0.1, 0.15) is 23.7 Å². The maximum absolute atomic E-state index is 6.56. The predicted molar refractivity (Wildman–Crippen MR) is 126 cm³/mol. The molecule has 1 saturated carbocycles. The fourth-order valence-electron chi connectivity index (χ4n) is 5.15. The summed E-state index contributed by atoms with van der Waals surface area (Å²) >= 11 is 0. The van der Waals surface area contributed by atoms with E-state index >= 15 is 0 Å². The standard InChI is InChI=1S/C27H33N3O2/c1-2-30-18-19(17-29-30)14-22-15-23(28)9-12-27(22)31-24-10-13-26-21(16-24)8-11-25(32-26)20-6-4-3-5-7-20/h3-7,10,13,16-18,22-23,25,27H,2,8-9,11-12,14-15,28H2,1H3/t22-,23+,25?,27?/m0/s1. The molecule has 5 nitrogen and oxygen atoms in total. The Balaban J connectivity index is 1.27. The van der Waals surface area contributed by atoms with E-state index in [1.807, 2.05) is 16.9 Å². The lowest BCUT2D eigenvalue weighted by molar-refractivity contribution is 0.0842. The van der Waals surface area contributed by atoms with Crippen LogP contribution in [0, 0.1) is 5.92 Å². The molecule has 2 aliphatic rings. The van der Waals surface area contributed by atoms with Crippen molar-refractivity contribution in [1.82, 2.24) is 9.78 Å². The normalized spacial score (nSPS) is 25.1. The SMILES string of the molecule is CCn1cc(C[C@H]2C[C@H](N)CCC2Oc2ccc3c(c2)CCC(c2ccccc2)O3)cn1. The maximum Gasteiger partial charge on any atom is 0.124 e. The Morgan fingerprint density at radius 2 is 2.00 bits per heavy atom. The van der Waals surface area contributed by atoms with Gasteiger partial charge in [0, 0.05) is 24.7 Å². The number of rotatable bonds is 6. The van der Waals surface area contributed by atoms with Gasteiger partial charge in [0.2, 0.25) is 0 Å². The largest absolute Gasteiger partial charge is 0.490 e. The van der Waals surface area contributed by atoms with Crippen LogP contribution in [0.3, 0.4) is 0 Å². The zero-order valence-electron chi connectivity index (χ0n) is 18.8. The third kappa shape index (κ3) is 4.68. The molecule has 32 heavy (non-hydrogen) atoms. The van der Waals surface area contributed by atoms with Gasteiger partial charge in [0.05, 0.1) is 6.20 Å². The maximum atomic E-state index is 6.56. The van der Waals surface area contributed by atoms with Gasteiger partial charge in [0.15, 0.2) is 0 Å². The van der Waals surface area contributed by atoms with Crippen LogP contribution in [0.15, 0.2) is 60.9 Å². The minimum absolute atomic E-state index is 0.128. The van der Waals surface area contributed by atoms with E-state index < -0.39 is 0 Å². The molecule has 2 unspecified atom stereocenters. The van der Waals surface area contributed by atoms with E-state index in [1.165, 1.54) is 16.7 Å². The Hall–Kier alpha value is -2.79. The van der Waals surface area contributed by atoms with Gasteiger partial charge in [-0.05, 0) is 80.3 Å². The molecule has 0 spiro atoms. The number of ether oxygens (including phenoxy) is 2. The van der Waals surface area contributed by atoms with Crippen LogP contribution in [-0.4, -0.2) is 21.9 Å². The Morgan fingerprint density at radius 1 is 1.12 bits per heavy atom. The number of fused-ring (bicyclic) bond motifs is 1. The molecule has 2 heterocycles. The lowest BCUT2D eigenvalue weighted by Crippen LogP contribution is -2.40. The Labute approximate surface area is 190 Å². The molecule has 1 aromatic heterocycles. The Kier molecular flexibility index (Phi) is 6.17. The second-order valence-corrected chi connectivity index (χ2v) is 9.22. The molecule has 4 atom stereocenters. The van der Waals surface area contributed by atoms with Crippen LogP contribution in [0.1, 0.15) is 55.4 Å². The molecule has 5 heteroatoms. The second-order valence-electron chi connectivity index (χ2n) is 9.22. The lowest BCUT2D eigenvalue weighted by Gasteiger charge is -2.35. The van der Waals surface area contributed by atoms with Crippen molar-refractivity contribution in [2.45, 2.75) is 70.2 Å². The lowest BCUT2D eigenvalue weighted by atomic mass is 9.80. The summed E-state index contributed by atoms with van der Waals surface area (Å²) in [6.07, 6.45) is 10.4. The van der Waals surface area contributed by atoms with Gasteiger partial charge in [-0.15, -0.1) is 0 Å². The van der Waals surface area contributed by atoms with Crippen molar-refractivity contribution in [3.8, 4) is 11.5 Å². The average molecular weight is 432 g/mol. The Morgan fingerprint density at radius 3 is 2.81 bits per heavy atom. The highest BCUT2D eigenvalue weighted by molar-refractivity contribution is 5.42. The van der Waals surface area contributed by atoms with E-state index in [1.54, 1.807) is 0 Å². The number of hydrogen-bond donors (Lipinski definition) is 1. The van der Waals surface area contributed by atoms with E-state index in [4.69, 9.17) is 15.2 Å². The predicted octanol–water partition coefficient (Wildman–Crippen LogP) is 5.09. The molecule has 0 radical (unpaired) electrons. The minimum Gasteiger partial charge on any atom is -0.490 e. The first-order valence-corrected chi connectivity index (χ1v) is 12.0. The van der Waals surface area contributed by atoms with Crippen molar-refractivity contribution in [2.24, 2.45) is 11.7 Å². The molecule has 5 rings (SSSR count). The molecule has 1 aliphatic carbocycles. The molecule has 3 aromatic rings. The first-order chi connectivity index (χ1) is 15.7. The van der Waals surface area contributed by atoms with E-state index in [0.29, 0.717) is 5.92 Å². The molecular formula is C27H33N3O2. The third-order valence-electron chi connectivity index (χ3n) is 6.90. The van der Waals surface area contributed by atoms with Gasteiger partial charge in [0.25, 0.3) is 0 Å². The van der Waals surface area contributed by atoms with Gasteiger partial charge in [-0.25, -0.2) is 0 Å². The fourth-order valence-corrected chi connectivity index (χ4v) is 5.15. The van der Waals surface area contributed by atoms with E-state index in [2.05, 4.69) is 60.7 Å². The molecule has 2 aromatic carbocycles. The first-order valence-electron chi connectivity index (χ1n) is 12.0. The highest BCUT2D eigenvalue weighted by Crippen LogP contribution is 2.38. The number of hydrogen-bond acceptors (Lipinski definition) is 4. The van der Waals surface area contributed by atoms with Crippen molar-refractivity contribution in [1.29, 1.82) is 0 Å². The van der Waals surface area contributed by atoms with Crippen molar-refractivity contribution in [2.75, 3.05) is 0 Å². The summed E-state index contributed by atoms with van der Waals surface area (Å²) in [5.74, 6) is 2.33. The minimum atomic E-state index is 0.128. The molecular weight excluding hydrogens is 398 g/mol. The van der Waals surface area contributed by atoms with Gasteiger partial charge < -0.3 is 15.2 Å². The van der Waals surface area contributed by atoms with Crippen molar-refractivity contribution >= 4 is 0 Å². The van der Waals surface area contributed by atoms with E-state index in [9.17, 15) is 0 Å². The average Bonchev–Trinajstić information content (AvgIpc) is 3.28. The quantitative estimate of drug-likeness (QED) is 0.591. The smallest absolute Gasteiger partial charge is 0.124 e. The fraction of sp³-hybridized carbons (Fsp3) is 0.444. The van der Waals surface area contributed by atoms with Crippen LogP contribution in [0.4, 0.5) is 0 Å². The van der Waals surface area contributed by atoms with Crippen molar-refractivity contribution < 1.29 is 9.47 Å². The number of aryl methyl sites for hydroxylation is 2. The number of aromatic nitrogens is 2. The van der Waals surface area contributed by atoms with Crippen LogP contribution < -0.4 is 15.2 Å². The summed E-state index contributed by atoms with van der Waals surface area (Å²) < 4.78 is 14.9.